The minimum absolute atomic E-state index is 0.664. The van der Waals surface area contributed by atoms with Gasteiger partial charge in [-0.25, -0.2) is 0 Å². The number of nitrogens with one attached hydrogen (secondary N) is 1. The van der Waals surface area contributed by atoms with Crippen LogP contribution in [0, 0.1) is 13.8 Å². The maximum atomic E-state index is 3.62. The predicted molar refractivity (Wildman–Crippen MR) is 77.9 cm³/mol. The molecule has 1 aromatic rings. The average Bonchev–Trinajstić information content (AvgIpc) is 2.86. The topological polar surface area (TPSA) is 15.3 Å². The van der Waals surface area contributed by atoms with Gasteiger partial charge in [-0.05, 0) is 63.4 Å². The summed E-state index contributed by atoms with van der Waals surface area (Å²) >= 11 is 0. The smallest absolute Gasteiger partial charge is 0.0211 e. The van der Waals surface area contributed by atoms with Crippen LogP contribution < -0.4 is 5.32 Å². The fourth-order valence-corrected chi connectivity index (χ4v) is 2.85. The molecule has 18 heavy (non-hydrogen) atoms. The molecule has 100 valence electrons. The summed E-state index contributed by atoms with van der Waals surface area (Å²) in [6.45, 7) is 11.4. The van der Waals surface area contributed by atoms with Gasteiger partial charge in [0.2, 0.25) is 0 Å². The summed E-state index contributed by atoms with van der Waals surface area (Å²) in [5.74, 6) is 0. The highest BCUT2D eigenvalue weighted by Gasteiger charge is 2.17. The molecular weight excluding hydrogens is 220 g/mol. The van der Waals surface area contributed by atoms with Crippen LogP contribution in [0.25, 0.3) is 0 Å². The molecule has 1 atom stereocenters. The molecular formula is C16H26N2. The molecule has 1 saturated heterocycles. The molecule has 1 unspecified atom stereocenters. The number of hydrogen-bond acceptors (Lipinski definition) is 2. The Morgan fingerprint density at radius 2 is 1.78 bits per heavy atom. The number of hydrogen-bond donors (Lipinski definition) is 1. The first-order chi connectivity index (χ1) is 8.68. The summed E-state index contributed by atoms with van der Waals surface area (Å²) in [4.78, 5) is 2.59. The molecule has 1 heterocycles. The minimum Gasteiger partial charge on any atom is -0.311 e. The van der Waals surface area contributed by atoms with Gasteiger partial charge >= 0.3 is 0 Å². The molecule has 2 nitrogen and oxygen atoms in total. The zero-order valence-electron chi connectivity index (χ0n) is 12.0. The molecule has 1 aliphatic rings. The third-order valence-electron chi connectivity index (χ3n) is 4.15. The fourth-order valence-electron chi connectivity index (χ4n) is 2.85. The molecule has 0 bridgehead atoms. The highest BCUT2D eigenvalue weighted by atomic mass is 15.2. The normalized spacial score (nSPS) is 18.2. The van der Waals surface area contributed by atoms with Gasteiger partial charge in [0, 0.05) is 19.1 Å². The van der Waals surface area contributed by atoms with Crippen LogP contribution in [-0.4, -0.2) is 30.6 Å². The van der Waals surface area contributed by atoms with Crippen LogP contribution in [0.15, 0.2) is 18.2 Å². The zero-order chi connectivity index (χ0) is 13.0. The molecule has 1 aromatic carbocycles. The number of nitrogens with zero attached hydrogens (tertiary/aromatic N) is 1. The van der Waals surface area contributed by atoms with Crippen molar-refractivity contribution in [3.63, 3.8) is 0 Å². The molecule has 1 fully saturated rings. The summed E-state index contributed by atoms with van der Waals surface area (Å²) in [5.41, 5.74) is 4.26. The standard InChI is InChI=1S/C16H26N2/c1-13-7-6-8-14(2)16(13)12-17-11-15(3)18-9-4-5-10-18/h6-8,15,17H,4-5,9-12H2,1-3H3. The second-order valence-corrected chi connectivity index (χ2v) is 5.59. The van der Waals surface area contributed by atoms with Crippen molar-refractivity contribution in [2.24, 2.45) is 0 Å². The monoisotopic (exact) mass is 246 g/mol. The van der Waals surface area contributed by atoms with Crippen molar-refractivity contribution in [1.29, 1.82) is 0 Å². The molecule has 0 amide bonds. The second kappa shape index (κ2) is 6.35. The van der Waals surface area contributed by atoms with Gasteiger partial charge in [0.05, 0.1) is 0 Å². The Bertz CT molecular complexity index is 360. The maximum absolute atomic E-state index is 3.62. The van der Waals surface area contributed by atoms with E-state index >= 15 is 0 Å². The van der Waals surface area contributed by atoms with Gasteiger partial charge in [-0.15, -0.1) is 0 Å². The van der Waals surface area contributed by atoms with E-state index in [1.54, 1.807) is 0 Å². The Balaban J connectivity index is 1.81. The van der Waals surface area contributed by atoms with Gasteiger partial charge in [-0.1, -0.05) is 18.2 Å². The number of aryl methyl sites for hydroxylation is 2. The summed E-state index contributed by atoms with van der Waals surface area (Å²) in [6.07, 6.45) is 2.75. The quantitative estimate of drug-likeness (QED) is 0.859. The summed E-state index contributed by atoms with van der Waals surface area (Å²) in [5, 5.41) is 3.62. The average molecular weight is 246 g/mol. The lowest BCUT2D eigenvalue weighted by molar-refractivity contribution is 0.251. The molecule has 0 saturated carbocycles. The Morgan fingerprint density at radius 3 is 2.39 bits per heavy atom. The van der Waals surface area contributed by atoms with Crippen molar-refractivity contribution in [2.75, 3.05) is 19.6 Å². The Morgan fingerprint density at radius 1 is 1.17 bits per heavy atom. The van der Waals surface area contributed by atoms with Crippen molar-refractivity contribution in [3.8, 4) is 0 Å². The van der Waals surface area contributed by atoms with E-state index in [-0.39, 0.29) is 0 Å². The summed E-state index contributed by atoms with van der Waals surface area (Å²) in [6, 6.07) is 7.21. The lowest BCUT2D eigenvalue weighted by atomic mass is 10.0. The molecule has 0 spiro atoms. The molecule has 1 N–H and O–H groups in total. The van der Waals surface area contributed by atoms with Crippen molar-refractivity contribution in [2.45, 2.75) is 46.2 Å². The van der Waals surface area contributed by atoms with Crippen LogP contribution in [0.1, 0.15) is 36.5 Å². The van der Waals surface area contributed by atoms with Crippen LogP contribution in [0.2, 0.25) is 0 Å². The van der Waals surface area contributed by atoms with Gasteiger partial charge < -0.3 is 5.32 Å². The van der Waals surface area contributed by atoms with Gasteiger partial charge in [0.25, 0.3) is 0 Å². The molecule has 0 aliphatic carbocycles. The molecule has 2 rings (SSSR count). The van der Waals surface area contributed by atoms with E-state index < -0.39 is 0 Å². The van der Waals surface area contributed by atoms with E-state index in [0.29, 0.717) is 6.04 Å². The van der Waals surface area contributed by atoms with Crippen molar-refractivity contribution < 1.29 is 0 Å². The molecule has 0 aromatic heterocycles. The van der Waals surface area contributed by atoms with Crippen LogP contribution in [0.4, 0.5) is 0 Å². The predicted octanol–water partition coefficient (Wildman–Crippen LogP) is 2.88. The number of likely N-dealkylation sites (tertiary alicyclic amines) is 1. The third kappa shape index (κ3) is 3.33. The number of benzene rings is 1. The minimum atomic E-state index is 0.664. The van der Waals surface area contributed by atoms with Crippen LogP contribution >= 0.6 is 0 Å². The van der Waals surface area contributed by atoms with Gasteiger partial charge in [-0.3, -0.25) is 4.90 Å². The van der Waals surface area contributed by atoms with Gasteiger partial charge in [0.1, 0.15) is 0 Å². The second-order valence-electron chi connectivity index (χ2n) is 5.59. The van der Waals surface area contributed by atoms with E-state index in [9.17, 15) is 0 Å². The molecule has 1 aliphatic heterocycles. The summed E-state index contributed by atoms with van der Waals surface area (Å²) in [7, 11) is 0. The lowest BCUT2D eigenvalue weighted by Gasteiger charge is -2.24. The first-order valence-electron chi connectivity index (χ1n) is 7.18. The van der Waals surface area contributed by atoms with E-state index in [1.165, 1.54) is 42.6 Å². The first kappa shape index (κ1) is 13.6. The highest BCUT2D eigenvalue weighted by molar-refractivity contribution is 5.33. The molecule has 0 radical (unpaired) electrons. The van der Waals surface area contributed by atoms with Crippen molar-refractivity contribution in [1.82, 2.24) is 10.2 Å². The van der Waals surface area contributed by atoms with Crippen LogP contribution in [0.5, 0.6) is 0 Å². The zero-order valence-corrected chi connectivity index (χ0v) is 12.0. The van der Waals surface area contributed by atoms with Crippen LogP contribution in [-0.2, 0) is 6.54 Å². The Labute approximate surface area is 111 Å². The number of rotatable bonds is 5. The van der Waals surface area contributed by atoms with Crippen molar-refractivity contribution in [3.05, 3.63) is 34.9 Å². The van der Waals surface area contributed by atoms with E-state index in [1.807, 2.05) is 0 Å². The van der Waals surface area contributed by atoms with Gasteiger partial charge in [0.15, 0.2) is 0 Å². The fraction of sp³-hybridized carbons (Fsp3) is 0.625. The van der Waals surface area contributed by atoms with E-state index in [4.69, 9.17) is 0 Å². The van der Waals surface area contributed by atoms with Crippen LogP contribution in [0.3, 0.4) is 0 Å². The molecule has 2 heteroatoms. The largest absolute Gasteiger partial charge is 0.311 e. The van der Waals surface area contributed by atoms with Crippen molar-refractivity contribution >= 4 is 0 Å². The SMILES string of the molecule is Cc1cccc(C)c1CNCC(C)N1CCCC1. The third-order valence-corrected chi connectivity index (χ3v) is 4.15. The highest BCUT2D eigenvalue weighted by Crippen LogP contribution is 2.14. The lowest BCUT2D eigenvalue weighted by Crippen LogP contribution is -2.38. The summed E-state index contributed by atoms with van der Waals surface area (Å²) < 4.78 is 0. The maximum Gasteiger partial charge on any atom is 0.0211 e. The van der Waals surface area contributed by atoms with Gasteiger partial charge in [-0.2, -0.15) is 0 Å². The Hall–Kier alpha value is -0.860. The van der Waals surface area contributed by atoms with E-state index in [0.717, 1.165) is 13.1 Å². The Kier molecular flexibility index (Phi) is 4.79. The first-order valence-corrected chi connectivity index (χ1v) is 7.18. The van der Waals surface area contributed by atoms with E-state index in [2.05, 4.69) is 49.2 Å².